The predicted octanol–water partition coefficient (Wildman–Crippen LogP) is 3.66. The Morgan fingerprint density at radius 2 is 1.85 bits per heavy atom. The van der Waals surface area contributed by atoms with Crippen molar-refractivity contribution in [3.05, 3.63) is 33.3 Å². The summed E-state index contributed by atoms with van der Waals surface area (Å²) in [4.78, 5) is 11.7. The van der Waals surface area contributed by atoms with Crippen molar-refractivity contribution in [3.63, 3.8) is 0 Å². The molecule has 0 bridgehead atoms. The molecule has 0 unspecified atom stereocenters. The predicted molar refractivity (Wildman–Crippen MR) is 83.3 cm³/mol. The minimum Gasteiger partial charge on any atom is -0.465 e. The van der Waals surface area contributed by atoms with Gasteiger partial charge in [-0.2, -0.15) is 4.40 Å². The van der Waals surface area contributed by atoms with Gasteiger partial charge >= 0.3 is 5.97 Å². The minimum absolute atomic E-state index is 0.219. The Kier molecular flexibility index (Phi) is 5.74. The van der Waals surface area contributed by atoms with E-state index in [0.29, 0.717) is 5.56 Å². The number of esters is 1. The maximum Gasteiger partial charge on any atom is 0.338 e. The van der Waals surface area contributed by atoms with E-state index in [1.165, 1.54) is 25.5 Å². The second kappa shape index (κ2) is 6.70. The molecule has 110 valence electrons. The molecule has 0 N–H and O–H groups in total. The molecule has 0 heterocycles. The molecule has 0 aromatic heterocycles. The maximum atomic E-state index is 11.9. The molecule has 1 aromatic rings. The molecule has 0 radical (unpaired) electrons. The summed E-state index contributed by atoms with van der Waals surface area (Å²) in [7, 11) is -0.169. The van der Waals surface area contributed by atoms with Crippen LogP contribution in [0.3, 0.4) is 0 Å². The van der Waals surface area contributed by atoms with Gasteiger partial charge in [0.1, 0.15) is 11.0 Å². The van der Waals surface area contributed by atoms with E-state index in [1.54, 1.807) is 20.8 Å². The molecule has 1 rings (SSSR count). The van der Waals surface area contributed by atoms with Gasteiger partial charge in [0, 0.05) is 11.8 Å². The molecule has 0 fully saturated rings. The van der Waals surface area contributed by atoms with E-state index >= 15 is 0 Å². The van der Waals surface area contributed by atoms with Gasteiger partial charge in [0.2, 0.25) is 0 Å². The van der Waals surface area contributed by atoms with Crippen LogP contribution in [0.2, 0.25) is 10.0 Å². The van der Waals surface area contributed by atoms with E-state index in [9.17, 15) is 9.00 Å². The van der Waals surface area contributed by atoms with Crippen LogP contribution >= 0.6 is 23.2 Å². The van der Waals surface area contributed by atoms with Gasteiger partial charge in [-0.1, -0.05) is 23.2 Å². The number of carbonyl (C=O) groups excluding carboxylic acids is 1. The highest BCUT2D eigenvalue weighted by molar-refractivity contribution is 7.85. The lowest BCUT2D eigenvalue weighted by atomic mass is 10.1. The third-order valence-corrected chi connectivity index (χ3v) is 4.38. The fourth-order valence-corrected chi connectivity index (χ4v) is 2.08. The quantitative estimate of drug-likeness (QED) is 0.625. The summed E-state index contributed by atoms with van der Waals surface area (Å²) in [6, 6.07) is 2.89. The van der Waals surface area contributed by atoms with Crippen LogP contribution in [0.4, 0.5) is 0 Å². The Balaban J connectivity index is 3.24. The number of hydrogen-bond donors (Lipinski definition) is 0. The van der Waals surface area contributed by atoms with E-state index < -0.39 is 21.7 Å². The molecule has 4 nitrogen and oxygen atoms in total. The topological polar surface area (TPSA) is 55.7 Å². The number of halogens is 2. The number of nitrogens with zero attached hydrogens (tertiary/aromatic N) is 1. The highest BCUT2D eigenvalue weighted by Crippen LogP contribution is 2.26. The summed E-state index contributed by atoms with van der Waals surface area (Å²) in [5.74, 6) is -0.563. The molecule has 7 heteroatoms. The Morgan fingerprint density at radius 3 is 2.35 bits per heavy atom. The van der Waals surface area contributed by atoms with Crippen molar-refractivity contribution >= 4 is 46.4 Å². The van der Waals surface area contributed by atoms with E-state index in [1.807, 2.05) is 0 Å². The average molecular weight is 336 g/mol. The van der Waals surface area contributed by atoms with Crippen LogP contribution in [-0.4, -0.2) is 28.2 Å². The van der Waals surface area contributed by atoms with Crippen LogP contribution in [0, 0.1) is 0 Å². The van der Waals surface area contributed by atoms with Gasteiger partial charge in [0.25, 0.3) is 0 Å². The van der Waals surface area contributed by atoms with Crippen molar-refractivity contribution in [1.29, 1.82) is 0 Å². The van der Waals surface area contributed by atoms with Crippen molar-refractivity contribution < 1.29 is 13.7 Å². The minimum atomic E-state index is -1.43. The second-order valence-corrected chi connectivity index (χ2v) is 7.69. The van der Waals surface area contributed by atoms with E-state index in [0.717, 1.165) is 0 Å². The van der Waals surface area contributed by atoms with Gasteiger partial charge < -0.3 is 4.74 Å². The number of methoxy groups -OCH3 is 1. The summed E-state index contributed by atoms with van der Waals surface area (Å²) >= 11 is 11.8. The zero-order chi connectivity index (χ0) is 15.5. The van der Waals surface area contributed by atoms with Crippen LogP contribution in [0.5, 0.6) is 0 Å². The Labute approximate surface area is 130 Å². The third-order valence-electron chi connectivity index (χ3n) is 2.31. The molecule has 0 saturated heterocycles. The second-order valence-electron chi connectivity index (χ2n) is 4.94. The molecule has 1 atom stereocenters. The molecule has 0 aliphatic heterocycles. The Bertz CT molecular complexity index is 580. The zero-order valence-corrected chi connectivity index (χ0v) is 13.9. The summed E-state index contributed by atoms with van der Waals surface area (Å²) in [5.41, 5.74) is 0.625. The molecule has 0 aliphatic rings. The molecular weight excluding hydrogens is 321 g/mol. The van der Waals surface area contributed by atoms with Crippen LogP contribution in [0.1, 0.15) is 36.7 Å². The average Bonchev–Trinajstić information content (AvgIpc) is 2.37. The van der Waals surface area contributed by atoms with Gasteiger partial charge in [-0.15, -0.1) is 0 Å². The monoisotopic (exact) mass is 335 g/mol. The summed E-state index contributed by atoms with van der Waals surface area (Å²) in [6.45, 7) is 5.41. The van der Waals surface area contributed by atoms with Gasteiger partial charge in [-0.25, -0.2) is 9.00 Å². The number of hydrogen-bond acceptors (Lipinski definition) is 3. The molecule has 20 heavy (non-hydrogen) atoms. The number of ether oxygens (including phenoxy) is 1. The standard InChI is InChI=1S/C13H15Cl2NO3S/c1-13(2,3)20(18)16-7-8-5-10(14)11(15)6-9(8)12(17)19-4/h5-7H,1-4H3/b16-7+/t20-/m1/s1. The van der Waals surface area contributed by atoms with Gasteiger partial charge in [0.15, 0.2) is 0 Å². The van der Waals surface area contributed by atoms with Gasteiger partial charge in [0.05, 0.1) is 27.5 Å². The molecule has 0 spiro atoms. The zero-order valence-electron chi connectivity index (χ0n) is 11.6. The summed E-state index contributed by atoms with van der Waals surface area (Å²) in [5, 5.41) is 0.517. The van der Waals surface area contributed by atoms with Crippen molar-refractivity contribution in [3.8, 4) is 0 Å². The van der Waals surface area contributed by atoms with Crippen LogP contribution in [0.15, 0.2) is 16.5 Å². The Hall–Kier alpha value is -0.910. The van der Waals surface area contributed by atoms with Crippen LogP contribution in [0.25, 0.3) is 0 Å². The number of rotatable bonds is 3. The van der Waals surface area contributed by atoms with Crippen molar-refractivity contribution in [2.45, 2.75) is 25.5 Å². The first-order chi connectivity index (χ1) is 9.16. The molecule has 1 aromatic carbocycles. The van der Waals surface area contributed by atoms with Crippen LogP contribution < -0.4 is 0 Å². The van der Waals surface area contributed by atoms with Gasteiger partial charge in [-0.05, 0) is 32.9 Å². The molecule has 0 aliphatic carbocycles. The van der Waals surface area contributed by atoms with E-state index in [4.69, 9.17) is 23.2 Å². The van der Waals surface area contributed by atoms with Crippen molar-refractivity contribution in [2.75, 3.05) is 7.11 Å². The fraction of sp³-hybridized carbons (Fsp3) is 0.385. The first-order valence-corrected chi connectivity index (χ1v) is 7.56. The lowest BCUT2D eigenvalue weighted by molar-refractivity contribution is 0.0600. The van der Waals surface area contributed by atoms with Crippen molar-refractivity contribution in [1.82, 2.24) is 0 Å². The lowest BCUT2D eigenvalue weighted by Crippen LogP contribution is -2.19. The highest BCUT2D eigenvalue weighted by atomic mass is 35.5. The molecule has 0 saturated carbocycles. The first-order valence-electron chi connectivity index (χ1n) is 5.70. The highest BCUT2D eigenvalue weighted by Gasteiger charge is 2.19. The Morgan fingerprint density at radius 1 is 1.30 bits per heavy atom. The van der Waals surface area contributed by atoms with Crippen LogP contribution in [-0.2, 0) is 15.7 Å². The largest absolute Gasteiger partial charge is 0.465 e. The van der Waals surface area contributed by atoms with Crippen molar-refractivity contribution in [2.24, 2.45) is 4.40 Å². The SMILES string of the molecule is COC(=O)c1cc(Cl)c(Cl)cc1/C=N/[S@](=O)C(C)(C)C. The van der Waals surface area contributed by atoms with Gasteiger partial charge in [-0.3, -0.25) is 0 Å². The first kappa shape index (κ1) is 17.1. The number of benzene rings is 1. The summed E-state index contributed by atoms with van der Waals surface area (Å²) in [6.07, 6.45) is 1.34. The lowest BCUT2D eigenvalue weighted by Gasteiger charge is -2.13. The molecular formula is C13H15Cl2NO3S. The maximum absolute atomic E-state index is 11.9. The normalized spacial score (nSPS) is 13.5. The summed E-state index contributed by atoms with van der Waals surface area (Å²) < 4.78 is 20.0. The number of carbonyl (C=O) groups is 1. The fourth-order valence-electron chi connectivity index (χ4n) is 1.22. The molecule has 0 amide bonds. The van der Waals surface area contributed by atoms with E-state index in [-0.39, 0.29) is 15.6 Å². The van der Waals surface area contributed by atoms with E-state index in [2.05, 4.69) is 9.13 Å². The third kappa shape index (κ3) is 4.30. The smallest absolute Gasteiger partial charge is 0.338 e.